The molecule has 20 heavy (non-hydrogen) atoms. The van der Waals surface area contributed by atoms with Crippen LogP contribution in [0.1, 0.15) is 24.0 Å². The zero-order valence-corrected chi connectivity index (χ0v) is 11.7. The van der Waals surface area contributed by atoms with Crippen LogP contribution < -0.4 is 10.6 Å². The third-order valence-corrected chi connectivity index (χ3v) is 3.92. The highest BCUT2D eigenvalue weighted by Gasteiger charge is 2.41. The summed E-state index contributed by atoms with van der Waals surface area (Å²) in [5.41, 5.74) is 8.60. The van der Waals surface area contributed by atoms with Crippen molar-refractivity contribution in [2.75, 3.05) is 24.5 Å². The molecule has 112 valence electrons. The van der Waals surface area contributed by atoms with Crippen molar-refractivity contribution in [3.8, 4) is 0 Å². The van der Waals surface area contributed by atoms with Crippen molar-refractivity contribution >= 4 is 5.69 Å². The average Bonchev–Trinajstić information content (AvgIpc) is 2.38. The lowest BCUT2D eigenvalue weighted by Crippen LogP contribution is -2.42. The minimum Gasteiger partial charge on any atom is -0.371 e. The van der Waals surface area contributed by atoms with Crippen molar-refractivity contribution in [1.29, 1.82) is 0 Å². The van der Waals surface area contributed by atoms with Crippen molar-refractivity contribution in [2.45, 2.75) is 32.4 Å². The van der Waals surface area contributed by atoms with E-state index in [1.807, 2.05) is 30.0 Å². The fourth-order valence-corrected chi connectivity index (χ4v) is 2.86. The Morgan fingerprint density at radius 1 is 1.35 bits per heavy atom. The van der Waals surface area contributed by atoms with Gasteiger partial charge in [0.15, 0.2) is 0 Å². The van der Waals surface area contributed by atoms with Gasteiger partial charge in [-0.3, -0.25) is 0 Å². The molecule has 0 aromatic heterocycles. The average molecular weight is 286 g/mol. The topological polar surface area (TPSA) is 29.3 Å². The standard InChI is InChI=1S/C15H21F3N2/c1-11-9-12(6-7-19)4-5-14(11)20-8-2-3-13(10-20)15(16,17)18/h4-5,9,13H,2-3,6-8,10,19H2,1H3. The van der Waals surface area contributed by atoms with Crippen molar-refractivity contribution < 1.29 is 13.2 Å². The molecule has 0 bridgehead atoms. The van der Waals surface area contributed by atoms with Gasteiger partial charge in [-0.05, 0) is 49.9 Å². The van der Waals surface area contributed by atoms with Crippen LogP contribution in [0.4, 0.5) is 18.9 Å². The monoisotopic (exact) mass is 286 g/mol. The molecule has 1 aromatic carbocycles. The molecule has 1 unspecified atom stereocenters. The number of hydrogen-bond acceptors (Lipinski definition) is 2. The maximum Gasteiger partial charge on any atom is 0.393 e. The van der Waals surface area contributed by atoms with Crippen LogP contribution in [-0.2, 0) is 6.42 Å². The number of benzene rings is 1. The molecule has 0 saturated carbocycles. The van der Waals surface area contributed by atoms with Gasteiger partial charge in [-0.1, -0.05) is 12.1 Å². The summed E-state index contributed by atoms with van der Waals surface area (Å²) in [7, 11) is 0. The quantitative estimate of drug-likeness (QED) is 0.924. The summed E-state index contributed by atoms with van der Waals surface area (Å²) in [6.45, 7) is 3.30. The lowest BCUT2D eigenvalue weighted by Gasteiger charge is -2.36. The van der Waals surface area contributed by atoms with E-state index < -0.39 is 12.1 Å². The lowest BCUT2D eigenvalue weighted by molar-refractivity contribution is -0.176. The Labute approximate surface area is 117 Å². The second-order valence-electron chi connectivity index (χ2n) is 5.49. The van der Waals surface area contributed by atoms with Crippen LogP contribution in [0.2, 0.25) is 0 Å². The third kappa shape index (κ3) is 3.45. The molecular weight excluding hydrogens is 265 g/mol. The first-order valence-corrected chi connectivity index (χ1v) is 7.03. The molecule has 2 rings (SSSR count). The predicted octanol–water partition coefficient (Wildman–Crippen LogP) is 3.27. The van der Waals surface area contributed by atoms with Crippen LogP contribution in [-0.4, -0.2) is 25.8 Å². The summed E-state index contributed by atoms with van der Waals surface area (Å²) in [5.74, 6) is -1.21. The van der Waals surface area contributed by atoms with Crippen molar-refractivity contribution in [3.63, 3.8) is 0 Å². The molecule has 0 amide bonds. The van der Waals surface area contributed by atoms with Gasteiger partial charge in [0.05, 0.1) is 5.92 Å². The van der Waals surface area contributed by atoms with Crippen LogP contribution in [0.3, 0.4) is 0 Å². The number of hydrogen-bond donors (Lipinski definition) is 1. The minimum absolute atomic E-state index is 0.0700. The van der Waals surface area contributed by atoms with Crippen LogP contribution in [0.25, 0.3) is 0 Å². The SMILES string of the molecule is Cc1cc(CCN)ccc1N1CCCC(C(F)(F)F)C1. The number of rotatable bonds is 3. The van der Waals surface area contributed by atoms with Gasteiger partial charge in [0.1, 0.15) is 0 Å². The largest absolute Gasteiger partial charge is 0.393 e. The van der Waals surface area contributed by atoms with Crippen molar-refractivity contribution in [2.24, 2.45) is 11.7 Å². The number of nitrogens with zero attached hydrogens (tertiary/aromatic N) is 1. The molecule has 2 N–H and O–H groups in total. The Morgan fingerprint density at radius 3 is 2.70 bits per heavy atom. The van der Waals surface area contributed by atoms with Gasteiger partial charge in [0.2, 0.25) is 0 Å². The molecule has 2 nitrogen and oxygen atoms in total. The number of nitrogens with two attached hydrogens (primary N) is 1. The Bertz CT molecular complexity index is 457. The molecule has 1 aliphatic heterocycles. The number of alkyl halides is 3. The maximum atomic E-state index is 12.9. The van der Waals surface area contributed by atoms with Gasteiger partial charge < -0.3 is 10.6 Å². The Kier molecular flexibility index (Phi) is 4.58. The van der Waals surface area contributed by atoms with E-state index in [1.54, 1.807) is 0 Å². The molecule has 1 fully saturated rings. The first-order valence-electron chi connectivity index (χ1n) is 7.03. The van der Waals surface area contributed by atoms with E-state index >= 15 is 0 Å². The molecule has 1 aliphatic rings. The van der Waals surface area contributed by atoms with Gasteiger partial charge in [-0.25, -0.2) is 0 Å². The van der Waals surface area contributed by atoms with Gasteiger partial charge in [-0.2, -0.15) is 13.2 Å². The molecule has 1 aromatic rings. The predicted molar refractivity (Wildman–Crippen MR) is 74.9 cm³/mol. The fourth-order valence-electron chi connectivity index (χ4n) is 2.86. The molecule has 0 aliphatic carbocycles. The summed E-state index contributed by atoms with van der Waals surface area (Å²) in [4.78, 5) is 1.86. The normalized spacial score (nSPS) is 20.2. The number of piperidine rings is 1. The molecule has 1 atom stereocenters. The summed E-state index contributed by atoms with van der Waals surface area (Å²) in [6.07, 6.45) is -2.46. The summed E-state index contributed by atoms with van der Waals surface area (Å²) in [6, 6.07) is 5.92. The highest BCUT2D eigenvalue weighted by atomic mass is 19.4. The molecule has 1 saturated heterocycles. The number of halogens is 3. The van der Waals surface area contributed by atoms with Crippen molar-refractivity contribution in [3.05, 3.63) is 29.3 Å². The van der Waals surface area contributed by atoms with E-state index in [2.05, 4.69) is 0 Å². The molecular formula is C15H21F3N2. The van der Waals surface area contributed by atoms with E-state index in [4.69, 9.17) is 5.73 Å². The molecule has 0 spiro atoms. The second kappa shape index (κ2) is 6.04. The second-order valence-corrected chi connectivity index (χ2v) is 5.49. The highest BCUT2D eigenvalue weighted by Crippen LogP contribution is 2.35. The Morgan fingerprint density at radius 2 is 2.10 bits per heavy atom. The first-order chi connectivity index (χ1) is 9.41. The lowest BCUT2D eigenvalue weighted by atomic mass is 9.96. The smallest absolute Gasteiger partial charge is 0.371 e. The summed E-state index contributed by atoms with van der Waals surface area (Å²) >= 11 is 0. The van der Waals surface area contributed by atoms with Crippen molar-refractivity contribution in [1.82, 2.24) is 0 Å². The zero-order valence-electron chi connectivity index (χ0n) is 11.7. The van der Waals surface area contributed by atoms with Gasteiger partial charge in [0, 0.05) is 18.8 Å². The Balaban J connectivity index is 2.15. The first kappa shape index (κ1) is 15.2. The van der Waals surface area contributed by atoms with Gasteiger partial charge >= 0.3 is 6.18 Å². The maximum absolute atomic E-state index is 12.9. The highest BCUT2D eigenvalue weighted by molar-refractivity contribution is 5.55. The van der Waals surface area contributed by atoms with Crippen LogP contribution in [0.5, 0.6) is 0 Å². The van der Waals surface area contributed by atoms with E-state index in [-0.39, 0.29) is 13.0 Å². The van der Waals surface area contributed by atoms with Crippen LogP contribution >= 0.6 is 0 Å². The zero-order chi connectivity index (χ0) is 14.8. The summed E-state index contributed by atoms with van der Waals surface area (Å²) in [5, 5.41) is 0. The van der Waals surface area contributed by atoms with E-state index in [0.29, 0.717) is 19.5 Å². The number of anilines is 1. The third-order valence-electron chi connectivity index (χ3n) is 3.92. The fraction of sp³-hybridized carbons (Fsp3) is 0.600. The van der Waals surface area contributed by atoms with Crippen LogP contribution in [0, 0.1) is 12.8 Å². The van der Waals surface area contributed by atoms with Gasteiger partial charge in [-0.15, -0.1) is 0 Å². The van der Waals surface area contributed by atoms with E-state index in [9.17, 15) is 13.2 Å². The van der Waals surface area contributed by atoms with E-state index in [0.717, 1.165) is 23.2 Å². The Hall–Kier alpha value is -1.23. The van der Waals surface area contributed by atoms with Gasteiger partial charge in [0.25, 0.3) is 0 Å². The van der Waals surface area contributed by atoms with Crippen LogP contribution in [0.15, 0.2) is 18.2 Å². The number of aryl methyl sites for hydroxylation is 1. The molecule has 1 heterocycles. The summed E-state index contributed by atoms with van der Waals surface area (Å²) < 4.78 is 38.6. The van der Waals surface area contributed by atoms with E-state index in [1.165, 1.54) is 0 Å². The minimum atomic E-state index is -4.09. The molecule has 0 radical (unpaired) electrons. The molecule has 5 heteroatoms.